The fourth-order valence-corrected chi connectivity index (χ4v) is 2.55. The zero-order chi connectivity index (χ0) is 14.1. The number of nitrogens with zero attached hydrogens (tertiary/aromatic N) is 4. The highest BCUT2D eigenvalue weighted by Gasteiger charge is 2.13. The van der Waals surface area contributed by atoms with E-state index in [9.17, 15) is 0 Å². The first kappa shape index (κ1) is 13.7. The Bertz CT molecular complexity index is 739. The molecule has 0 saturated carbocycles. The summed E-state index contributed by atoms with van der Waals surface area (Å²) in [5, 5.41) is 4.54. The fraction of sp³-hybridized carbons (Fsp3) is 0.250. The molecule has 0 aliphatic rings. The summed E-state index contributed by atoms with van der Waals surface area (Å²) >= 11 is 18.0. The van der Waals surface area contributed by atoms with Crippen molar-refractivity contribution >= 4 is 45.8 Å². The lowest BCUT2D eigenvalue weighted by Gasteiger charge is -2.06. The molecule has 2 heterocycles. The number of hydrogen-bond donors (Lipinski definition) is 0. The Hall–Kier alpha value is -1.30. The molecule has 0 fully saturated rings. The van der Waals surface area contributed by atoms with Crippen LogP contribution in [0.25, 0.3) is 11.0 Å². The van der Waals surface area contributed by atoms with Crippen LogP contribution in [0.1, 0.15) is 11.7 Å². The maximum atomic E-state index is 6.06. The number of rotatable bonds is 4. The summed E-state index contributed by atoms with van der Waals surface area (Å²) in [5.41, 5.74) is 1.65. The highest BCUT2D eigenvalue weighted by molar-refractivity contribution is 6.42. The van der Waals surface area contributed by atoms with E-state index in [1.165, 1.54) is 6.33 Å². The van der Waals surface area contributed by atoms with Gasteiger partial charge in [0.05, 0.1) is 27.0 Å². The molecule has 0 radical (unpaired) electrons. The summed E-state index contributed by atoms with van der Waals surface area (Å²) in [6, 6.07) is 3.52. The second-order valence-electron chi connectivity index (χ2n) is 4.15. The quantitative estimate of drug-likeness (QED) is 0.684. The zero-order valence-corrected chi connectivity index (χ0v) is 12.5. The number of imidazole rings is 1. The van der Waals surface area contributed by atoms with Gasteiger partial charge in [0.25, 0.3) is 0 Å². The van der Waals surface area contributed by atoms with Gasteiger partial charge in [-0.25, -0.2) is 4.98 Å². The molecule has 0 bridgehead atoms. The van der Waals surface area contributed by atoms with Crippen LogP contribution in [0.5, 0.6) is 0 Å². The minimum Gasteiger partial charge on any atom is -0.340 e. The minimum atomic E-state index is 0.299. The first-order chi connectivity index (χ1) is 9.69. The van der Waals surface area contributed by atoms with Crippen LogP contribution in [0.15, 0.2) is 23.0 Å². The molecule has 3 aromatic rings. The van der Waals surface area contributed by atoms with Gasteiger partial charge in [0.1, 0.15) is 5.82 Å². The number of benzene rings is 1. The van der Waals surface area contributed by atoms with Crippen LogP contribution in [0.3, 0.4) is 0 Å². The van der Waals surface area contributed by atoms with Crippen LogP contribution >= 0.6 is 34.8 Å². The van der Waals surface area contributed by atoms with Crippen LogP contribution in [0.2, 0.25) is 10.0 Å². The largest absolute Gasteiger partial charge is 0.340 e. The van der Waals surface area contributed by atoms with Gasteiger partial charge >= 0.3 is 0 Å². The summed E-state index contributed by atoms with van der Waals surface area (Å²) in [4.78, 5) is 8.45. The molecule has 2 aromatic heterocycles. The van der Waals surface area contributed by atoms with E-state index in [1.54, 1.807) is 12.1 Å². The molecular weight excluding hydrogens is 323 g/mol. The van der Waals surface area contributed by atoms with E-state index in [2.05, 4.69) is 15.1 Å². The predicted molar refractivity (Wildman–Crippen MR) is 77.3 cm³/mol. The van der Waals surface area contributed by atoms with E-state index < -0.39 is 0 Å². The third-order valence-electron chi connectivity index (χ3n) is 2.95. The molecule has 0 saturated heterocycles. The molecule has 0 N–H and O–H groups in total. The highest BCUT2D eigenvalue weighted by atomic mass is 35.5. The van der Waals surface area contributed by atoms with Crippen LogP contribution in [-0.4, -0.2) is 19.7 Å². The number of halogens is 3. The molecule has 0 unspecified atom stereocenters. The first-order valence-electron chi connectivity index (χ1n) is 5.84. The Morgan fingerprint density at radius 1 is 1.20 bits per heavy atom. The Morgan fingerprint density at radius 3 is 2.70 bits per heavy atom. The summed E-state index contributed by atoms with van der Waals surface area (Å²) in [6.07, 6.45) is 1.97. The molecule has 5 nitrogen and oxygen atoms in total. The van der Waals surface area contributed by atoms with E-state index in [0.29, 0.717) is 34.8 Å². The van der Waals surface area contributed by atoms with Gasteiger partial charge in [-0.1, -0.05) is 28.4 Å². The normalized spacial score (nSPS) is 11.3. The maximum absolute atomic E-state index is 6.06. The maximum Gasteiger partial charge on any atom is 0.228 e. The molecule has 0 aliphatic carbocycles. The van der Waals surface area contributed by atoms with E-state index >= 15 is 0 Å². The highest BCUT2D eigenvalue weighted by Crippen LogP contribution is 2.28. The lowest BCUT2D eigenvalue weighted by Crippen LogP contribution is -2.05. The van der Waals surface area contributed by atoms with Crippen molar-refractivity contribution in [1.82, 2.24) is 19.7 Å². The van der Waals surface area contributed by atoms with Gasteiger partial charge in [-0.3, -0.25) is 0 Å². The Kier molecular flexibility index (Phi) is 3.83. The molecule has 1 aromatic carbocycles. The summed E-state index contributed by atoms with van der Waals surface area (Å²) in [5.74, 6) is 1.61. The molecule has 0 aliphatic heterocycles. The van der Waals surface area contributed by atoms with Crippen molar-refractivity contribution in [1.29, 1.82) is 0 Å². The van der Waals surface area contributed by atoms with Gasteiger partial charge in [0, 0.05) is 13.0 Å². The molecule has 3 rings (SSSR count). The second-order valence-corrected chi connectivity index (χ2v) is 5.23. The molecule has 20 heavy (non-hydrogen) atoms. The molecule has 0 spiro atoms. The van der Waals surface area contributed by atoms with Gasteiger partial charge in [-0.15, -0.1) is 11.6 Å². The lowest BCUT2D eigenvalue weighted by atomic mass is 10.3. The van der Waals surface area contributed by atoms with Crippen molar-refractivity contribution in [3.8, 4) is 0 Å². The smallest absolute Gasteiger partial charge is 0.228 e. The topological polar surface area (TPSA) is 56.7 Å². The van der Waals surface area contributed by atoms with Gasteiger partial charge in [0.2, 0.25) is 5.89 Å². The van der Waals surface area contributed by atoms with Crippen molar-refractivity contribution in [3.63, 3.8) is 0 Å². The third kappa shape index (κ3) is 2.49. The molecular formula is C12H9Cl3N4O. The predicted octanol–water partition coefficient (Wildman–Crippen LogP) is 3.71. The van der Waals surface area contributed by atoms with E-state index in [-0.39, 0.29) is 0 Å². The van der Waals surface area contributed by atoms with E-state index in [0.717, 1.165) is 16.9 Å². The van der Waals surface area contributed by atoms with Crippen LogP contribution in [0.4, 0.5) is 0 Å². The summed E-state index contributed by atoms with van der Waals surface area (Å²) < 4.78 is 6.97. The number of aryl methyl sites for hydroxylation is 2. The Morgan fingerprint density at radius 2 is 2.00 bits per heavy atom. The van der Waals surface area contributed by atoms with Crippen LogP contribution in [0, 0.1) is 0 Å². The van der Waals surface area contributed by atoms with Crippen molar-refractivity contribution in [2.75, 3.05) is 0 Å². The second kappa shape index (κ2) is 5.60. The molecule has 104 valence electrons. The van der Waals surface area contributed by atoms with Crippen molar-refractivity contribution in [2.45, 2.75) is 18.8 Å². The lowest BCUT2D eigenvalue weighted by molar-refractivity contribution is 0.371. The Labute approximate surface area is 129 Å². The van der Waals surface area contributed by atoms with Gasteiger partial charge in [0.15, 0.2) is 6.33 Å². The SMILES string of the molecule is ClCc1nc2cc(Cl)c(Cl)cc2n1CCc1ncno1. The average Bonchev–Trinajstić information content (AvgIpc) is 3.05. The first-order valence-corrected chi connectivity index (χ1v) is 7.13. The van der Waals surface area contributed by atoms with Crippen molar-refractivity contribution < 1.29 is 4.52 Å². The van der Waals surface area contributed by atoms with Crippen molar-refractivity contribution in [3.05, 3.63) is 40.2 Å². The molecule has 0 amide bonds. The van der Waals surface area contributed by atoms with Gasteiger partial charge in [-0.05, 0) is 12.1 Å². The minimum absolute atomic E-state index is 0.299. The number of alkyl halides is 1. The van der Waals surface area contributed by atoms with E-state index in [4.69, 9.17) is 39.3 Å². The number of hydrogen-bond acceptors (Lipinski definition) is 4. The zero-order valence-electron chi connectivity index (χ0n) is 10.2. The standard InChI is InChI=1S/C12H9Cl3N4O/c13-5-11-18-9-3-7(14)8(15)4-10(9)19(11)2-1-12-16-6-17-20-12/h3-4,6H,1-2,5H2. The fourth-order valence-electron chi connectivity index (χ4n) is 2.04. The average molecular weight is 332 g/mol. The summed E-state index contributed by atoms with van der Waals surface area (Å²) in [6.45, 7) is 0.624. The monoisotopic (exact) mass is 330 g/mol. The van der Waals surface area contributed by atoms with Crippen molar-refractivity contribution in [2.24, 2.45) is 0 Å². The molecule has 0 atom stereocenters. The Balaban J connectivity index is 2.01. The number of aromatic nitrogens is 4. The third-order valence-corrected chi connectivity index (χ3v) is 3.91. The van der Waals surface area contributed by atoms with Gasteiger partial charge in [-0.2, -0.15) is 4.98 Å². The van der Waals surface area contributed by atoms with E-state index in [1.807, 2.05) is 4.57 Å². The molecule has 8 heteroatoms. The van der Waals surface area contributed by atoms with Crippen LogP contribution < -0.4 is 0 Å². The van der Waals surface area contributed by atoms with Crippen LogP contribution in [-0.2, 0) is 18.8 Å². The number of fused-ring (bicyclic) bond motifs is 1. The summed E-state index contributed by atoms with van der Waals surface area (Å²) in [7, 11) is 0. The van der Waals surface area contributed by atoms with Gasteiger partial charge < -0.3 is 9.09 Å².